The van der Waals surface area contributed by atoms with Gasteiger partial charge in [0.1, 0.15) is 6.04 Å². The van der Waals surface area contributed by atoms with Gasteiger partial charge in [-0.05, 0) is 42.2 Å². The van der Waals surface area contributed by atoms with Crippen molar-refractivity contribution in [3.05, 3.63) is 70.8 Å². The van der Waals surface area contributed by atoms with Gasteiger partial charge < -0.3 is 4.74 Å². The van der Waals surface area contributed by atoms with E-state index in [9.17, 15) is 18.0 Å². The molecule has 1 unspecified atom stereocenters. The summed E-state index contributed by atoms with van der Waals surface area (Å²) in [6.45, 7) is 3.00. The second-order valence-electron chi connectivity index (χ2n) is 6.34. The molecule has 138 valence electrons. The summed E-state index contributed by atoms with van der Waals surface area (Å²) >= 11 is 0. The highest BCUT2D eigenvalue weighted by Gasteiger charge is 2.33. The molecule has 0 saturated carbocycles. The van der Waals surface area contributed by atoms with E-state index in [-0.39, 0.29) is 5.97 Å². The third-order valence-corrected chi connectivity index (χ3v) is 4.57. The van der Waals surface area contributed by atoms with E-state index in [4.69, 9.17) is 4.74 Å². The number of hydrogen-bond donors (Lipinski definition) is 0. The molecule has 0 fully saturated rings. The number of fused-ring (bicyclic) bond motifs is 1. The second-order valence-corrected chi connectivity index (χ2v) is 6.34. The van der Waals surface area contributed by atoms with Gasteiger partial charge in [-0.15, -0.1) is 0 Å². The number of nitrogens with zero attached hydrogens (tertiary/aromatic N) is 1. The van der Waals surface area contributed by atoms with Crippen LogP contribution in [0.2, 0.25) is 0 Å². The van der Waals surface area contributed by atoms with Crippen molar-refractivity contribution in [1.29, 1.82) is 0 Å². The summed E-state index contributed by atoms with van der Waals surface area (Å²) in [5.41, 5.74) is 2.29. The number of benzene rings is 2. The molecule has 0 bridgehead atoms. The van der Waals surface area contributed by atoms with Crippen LogP contribution in [-0.4, -0.2) is 23.5 Å². The number of carbonyl (C=O) groups is 1. The third kappa shape index (κ3) is 4.07. The van der Waals surface area contributed by atoms with Crippen LogP contribution >= 0.6 is 0 Å². The summed E-state index contributed by atoms with van der Waals surface area (Å²) in [6, 6.07) is 12.5. The van der Waals surface area contributed by atoms with Crippen LogP contribution in [0, 0.1) is 0 Å². The predicted octanol–water partition coefficient (Wildman–Crippen LogP) is 4.20. The van der Waals surface area contributed by atoms with Crippen LogP contribution in [0.25, 0.3) is 0 Å². The van der Waals surface area contributed by atoms with Crippen LogP contribution in [-0.2, 0) is 35.2 Å². The normalized spacial score (nSPS) is 17.6. The lowest BCUT2D eigenvalue weighted by atomic mass is 9.93. The zero-order valence-electron chi connectivity index (χ0n) is 14.4. The fourth-order valence-corrected chi connectivity index (χ4v) is 3.25. The molecule has 0 spiro atoms. The summed E-state index contributed by atoms with van der Waals surface area (Å²) < 4.78 is 43.4. The molecule has 1 atom stereocenters. The Hall–Kier alpha value is -2.34. The Bertz CT molecular complexity index is 771. The molecular formula is C20H20F3NO2. The topological polar surface area (TPSA) is 29.5 Å². The SMILES string of the molecule is CCOC(=O)C1Cc2ccccc2CN1Cc1ccc(C(F)(F)F)cc1. The second kappa shape index (κ2) is 7.50. The zero-order chi connectivity index (χ0) is 18.7. The van der Waals surface area contributed by atoms with Gasteiger partial charge in [0.2, 0.25) is 0 Å². The van der Waals surface area contributed by atoms with Gasteiger partial charge in [0.15, 0.2) is 0 Å². The Kier molecular flexibility index (Phi) is 5.32. The van der Waals surface area contributed by atoms with Crippen LogP contribution in [0.5, 0.6) is 0 Å². The van der Waals surface area contributed by atoms with Gasteiger partial charge in [-0.2, -0.15) is 13.2 Å². The van der Waals surface area contributed by atoms with E-state index in [1.54, 1.807) is 6.92 Å². The van der Waals surface area contributed by atoms with Gasteiger partial charge in [0.25, 0.3) is 0 Å². The monoisotopic (exact) mass is 363 g/mol. The first-order valence-electron chi connectivity index (χ1n) is 8.52. The summed E-state index contributed by atoms with van der Waals surface area (Å²) in [5, 5.41) is 0. The molecule has 0 aliphatic carbocycles. The molecule has 1 aliphatic heterocycles. The van der Waals surface area contributed by atoms with Crippen molar-refractivity contribution in [1.82, 2.24) is 4.90 Å². The lowest BCUT2D eigenvalue weighted by Gasteiger charge is -2.35. The molecule has 0 amide bonds. The first-order valence-corrected chi connectivity index (χ1v) is 8.52. The first-order chi connectivity index (χ1) is 12.4. The largest absolute Gasteiger partial charge is 0.465 e. The Morgan fingerprint density at radius 1 is 1.12 bits per heavy atom. The molecule has 2 aromatic rings. The van der Waals surface area contributed by atoms with Gasteiger partial charge in [-0.25, -0.2) is 0 Å². The highest BCUT2D eigenvalue weighted by atomic mass is 19.4. The van der Waals surface area contributed by atoms with E-state index in [1.807, 2.05) is 29.2 Å². The predicted molar refractivity (Wildman–Crippen MR) is 91.3 cm³/mol. The number of hydrogen-bond acceptors (Lipinski definition) is 3. The van der Waals surface area contributed by atoms with Gasteiger partial charge in [-0.1, -0.05) is 36.4 Å². The van der Waals surface area contributed by atoms with Crippen molar-refractivity contribution in [2.75, 3.05) is 6.61 Å². The van der Waals surface area contributed by atoms with Crippen LogP contribution < -0.4 is 0 Å². The minimum Gasteiger partial charge on any atom is -0.465 e. The lowest BCUT2D eigenvalue weighted by Crippen LogP contribution is -2.45. The lowest BCUT2D eigenvalue weighted by molar-refractivity contribution is -0.150. The molecule has 0 radical (unpaired) electrons. The fourth-order valence-electron chi connectivity index (χ4n) is 3.25. The van der Waals surface area contributed by atoms with Gasteiger partial charge in [0.05, 0.1) is 12.2 Å². The van der Waals surface area contributed by atoms with Gasteiger partial charge in [0, 0.05) is 13.1 Å². The molecule has 1 heterocycles. The summed E-state index contributed by atoms with van der Waals surface area (Å²) in [6.07, 6.45) is -3.81. The quantitative estimate of drug-likeness (QED) is 0.763. The van der Waals surface area contributed by atoms with Crippen molar-refractivity contribution in [3.63, 3.8) is 0 Å². The Morgan fingerprint density at radius 3 is 2.38 bits per heavy atom. The Morgan fingerprint density at radius 2 is 1.77 bits per heavy atom. The minimum absolute atomic E-state index is 0.297. The average Bonchev–Trinajstić information content (AvgIpc) is 2.61. The zero-order valence-corrected chi connectivity index (χ0v) is 14.4. The van der Waals surface area contributed by atoms with Crippen molar-refractivity contribution >= 4 is 5.97 Å². The molecule has 3 nitrogen and oxygen atoms in total. The van der Waals surface area contributed by atoms with E-state index in [1.165, 1.54) is 12.1 Å². The van der Waals surface area contributed by atoms with Gasteiger partial charge >= 0.3 is 12.1 Å². The minimum atomic E-state index is -4.35. The average molecular weight is 363 g/mol. The Labute approximate surface area is 150 Å². The third-order valence-electron chi connectivity index (χ3n) is 4.57. The molecule has 0 saturated heterocycles. The highest BCUT2D eigenvalue weighted by molar-refractivity contribution is 5.76. The number of esters is 1. The smallest absolute Gasteiger partial charge is 0.416 e. The maximum absolute atomic E-state index is 12.7. The standard InChI is InChI=1S/C20H20F3NO2/c1-2-26-19(25)18-11-15-5-3-4-6-16(15)13-24(18)12-14-7-9-17(10-8-14)20(21,22)23/h3-10,18H,2,11-13H2,1H3. The van der Waals surface area contributed by atoms with Crippen LogP contribution in [0.3, 0.4) is 0 Å². The van der Waals surface area contributed by atoms with E-state index in [2.05, 4.69) is 0 Å². The van der Waals surface area contributed by atoms with E-state index in [0.717, 1.165) is 28.8 Å². The molecule has 26 heavy (non-hydrogen) atoms. The molecular weight excluding hydrogens is 343 g/mol. The number of ether oxygens (including phenoxy) is 1. The van der Waals surface area contributed by atoms with Crippen LogP contribution in [0.15, 0.2) is 48.5 Å². The number of rotatable bonds is 4. The Balaban J connectivity index is 1.82. The van der Waals surface area contributed by atoms with E-state index < -0.39 is 17.8 Å². The molecule has 0 aromatic heterocycles. The molecule has 2 aromatic carbocycles. The fraction of sp³-hybridized carbons (Fsp3) is 0.350. The van der Waals surface area contributed by atoms with Crippen molar-refractivity contribution in [2.45, 2.75) is 38.7 Å². The maximum atomic E-state index is 12.7. The molecule has 0 N–H and O–H groups in total. The summed E-state index contributed by atoms with van der Waals surface area (Å²) in [5.74, 6) is -0.297. The van der Waals surface area contributed by atoms with E-state index >= 15 is 0 Å². The number of halogens is 3. The molecule has 3 rings (SSSR count). The van der Waals surface area contributed by atoms with Crippen LogP contribution in [0.4, 0.5) is 13.2 Å². The number of carbonyl (C=O) groups excluding carboxylic acids is 1. The number of alkyl halides is 3. The molecule has 6 heteroatoms. The van der Waals surface area contributed by atoms with Crippen molar-refractivity contribution in [2.24, 2.45) is 0 Å². The van der Waals surface area contributed by atoms with Gasteiger partial charge in [-0.3, -0.25) is 9.69 Å². The van der Waals surface area contributed by atoms with Crippen LogP contribution in [0.1, 0.15) is 29.2 Å². The van der Waals surface area contributed by atoms with E-state index in [0.29, 0.717) is 26.1 Å². The summed E-state index contributed by atoms with van der Waals surface area (Å²) in [7, 11) is 0. The maximum Gasteiger partial charge on any atom is 0.416 e. The molecule has 1 aliphatic rings. The highest BCUT2D eigenvalue weighted by Crippen LogP contribution is 2.30. The summed E-state index contributed by atoms with van der Waals surface area (Å²) in [4.78, 5) is 14.3. The van der Waals surface area contributed by atoms with Crippen molar-refractivity contribution < 1.29 is 22.7 Å². The first kappa shape index (κ1) is 18.5. The van der Waals surface area contributed by atoms with Crippen molar-refractivity contribution in [3.8, 4) is 0 Å².